The lowest BCUT2D eigenvalue weighted by Crippen LogP contribution is -2.27. The third kappa shape index (κ3) is 1.88. The Labute approximate surface area is 107 Å². The maximum atomic E-state index is 5.77. The monoisotopic (exact) mass is 242 g/mol. The molecule has 0 atom stereocenters. The van der Waals surface area contributed by atoms with Crippen LogP contribution < -0.4 is 5.73 Å². The van der Waals surface area contributed by atoms with Crippen LogP contribution in [0.2, 0.25) is 0 Å². The molecule has 2 aromatic rings. The Bertz CT molecular complexity index is 597. The van der Waals surface area contributed by atoms with Crippen molar-refractivity contribution in [1.82, 2.24) is 14.9 Å². The van der Waals surface area contributed by atoms with Crippen LogP contribution in [-0.2, 0) is 0 Å². The van der Waals surface area contributed by atoms with E-state index in [1.807, 2.05) is 18.3 Å². The number of nitrogens with one attached hydrogen (secondary N) is 1. The maximum Gasteiger partial charge on any atom is 0.124 e. The van der Waals surface area contributed by atoms with Crippen molar-refractivity contribution in [1.29, 1.82) is 0 Å². The number of rotatable bonds is 2. The number of H-pyrrole nitrogens is 1. The van der Waals surface area contributed by atoms with E-state index in [1.165, 1.54) is 11.1 Å². The first-order chi connectivity index (χ1) is 8.78. The van der Waals surface area contributed by atoms with Crippen LogP contribution in [0.25, 0.3) is 16.6 Å². The van der Waals surface area contributed by atoms with Gasteiger partial charge in [-0.2, -0.15) is 0 Å². The molecule has 0 bridgehead atoms. The molecule has 3 N–H and O–H groups in total. The quantitative estimate of drug-likeness (QED) is 0.849. The summed E-state index contributed by atoms with van der Waals surface area (Å²) < 4.78 is 0. The minimum Gasteiger partial charge on any atom is -0.384 e. The predicted octanol–water partition coefficient (Wildman–Crippen LogP) is 2.25. The zero-order valence-electron chi connectivity index (χ0n) is 10.6. The van der Waals surface area contributed by atoms with E-state index in [4.69, 9.17) is 5.73 Å². The van der Waals surface area contributed by atoms with E-state index in [2.05, 4.69) is 27.9 Å². The smallest absolute Gasteiger partial charge is 0.124 e. The summed E-state index contributed by atoms with van der Waals surface area (Å²) in [6.45, 7) is 5.47. The molecule has 18 heavy (non-hydrogen) atoms. The van der Waals surface area contributed by atoms with Crippen LogP contribution in [0.5, 0.6) is 0 Å². The summed E-state index contributed by atoms with van der Waals surface area (Å²) in [4.78, 5) is 10.1. The molecule has 0 radical (unpaired) electrons. The van der Waals surface area contributed by atoms with E-state index in [1.54, 1.807) is 0 Å². The molecule has 3 heterocycles. The zero-order valence-corrected chi connectivity index (χ0v) is 10.6. The lowest BCUT2D eigenvalue weighted by Gasteiger charge is -2.24. The highest BCUT2D eigenvalue weighted by molar-refractivity contribution is 5.90. The molecule has 94 valence electrons. The van der Waals surface area contributed by atoms with Crippen LogP contribution in [0.3, 0.4) is 0 Å². The summed E-state index contributed by atoms with van der Waals surface area (Å²) in [5.74, 6) is 0.579. The van der Waals surface area contributed by atoms with E-state index in [0.717, 1.165) is 37.1 Å². The first-order valence-corrected chi connectivity index (χ1v) is 6.43. The third-order valence-corrected chi connectivity index (χ3v) is 3.63. The number of aromatic nitrogens is 2. The molecule has 4 nitrogen and oxygen atoms in total. The van der Waals surface area contributed by atoms with Gasteiger partial charge in [-0.25, -0.2) is 4.98 Å². The summed E-state index contributed by atoms with van der Waals surface area (Å²) >= 11 is 0. The fourth-order valence-electron chi connectivity index (χ4n) is 2.50. The first kappa shape index (κ1) is 11.3. The van der Waals surface area contributed by atoms with Gasteiger partial charge in [0.15, 0.2) is 0 Å². The van der Waals surface area contributed by atoms with Gasteiger partial charge < -0.3 is 10.7 Å². The number of fused-ring (bicyclic) bond motifs is 1. The average molecular weight is 242 g/mol. The minimum atomic E-state index is 0.579. The number of nitrogens with two attached hydrogens (primary N) is 1. The summed E-state index contributed by atoms with van der Waals surface area (Å²) in [5.41, 5.74) is 10.4. The molecule has 0 unspecified atom stereocenters. The van der Waals surface area contributed by atoms with Gasteiger partial charge in [0, 0.05) is 24.8 Å². The van der Waals surface area contributed by atoms with Crippen molar-refractivity contribution in [3.05, 3.63) is 30.0 Å². The lowest BCUT2D eigenvalue weighted by molar-refractivity contribution is 0.319. The molecule has 2 aromatic heterocycles. The second-order valence-electron chi connectivity index (χ2n) is 4.71. The van der Waals surface area contributed by atoms with Crippen molar-refractivity contribution in [2.75, 3.05) is 25.4 Å². The summed E-state index contributed by atoms with van der Waals surface area (Å²) in [7, 11) is 0. The van der Waals surface area contributed by atoms with Gasteiger partial charge >= 0.3 is 0 Å². The molecule has 0 aliphatic carbocycles. The minimum absolute atomic E-state index is 0.579. The van der Waals surface area contributed by atoms with Gasteiger partial charge in [-0.15, -0.1) is 0 Å². The number of nitrogen functional groups attached to an aromatic ring is 1. The van der Waals surface area contributed by atoms with E-state index in [-0.39, 0.29) is 0 Å². The zero-order chi connectivity index (χ0) is 12.5. The topological polar surface area (TPSA) is 57.9 Å². The molecule has 1 aliphatic rings. The van der Waals surface area contributed by atoms with E-state index < -0.39 is 0 Å². The molecule has 4 heteroatoms. The van der Waals surface area contributed by atoms with Gasteiger partial charge in [0.2, 0.25) is 0 Å². The van der Waals surface area contributed by atoms with E-state index in [9.17, 15) is 0 Å². The number of aromatic amines is 1. The SMILES string of the molecule is CCN1CC=C(c2c[nH]c3ccc(N)nc23)CC1. The van der Waals surface area contributed by atoms with Crippen LogP contribution in [0.4, 0.5) is 5.82 Å². The van der Waals surface area contributed by atoms with Crippen molar-refractivity contribution >= 4 is 22.4 Å². The Morgan fingerprint density at radius 2 is 2.33 bits per heavy atom. The number of pyridine rings is 1. The number of hydrogen-bond donors (Lipinski definition) is 2. The largest absolute Gasteiger partial charge is 0.384 e. The highest BCUT2D eigenvalue weighted by atomic mass is 15.1. The standard InChI is InChI=1S/C14H18N4/c1-2-18-7-5-10(6-8-18)11-9-16-12-3-4-13(15)17-14(11)12/h3-5,9,16H,2,6-8H2,1H3,(H2,15,17). The van der Waals surface area contributed by atoms with E-state index >= 15 is 0 Å². The second kappa shape index (κ2) is 4.46. The van der Waals surface area contributed by atoms with Gasteiger partial charge in [-0.3, -0.25) is 4.90 Å². The summed E-state index contributed by atoms with van der Waals surface area (Å²) in [6, 6.07) is 3.82. The third-order valence-electron chi connectivity index (χ3n) is 3.63. The van der Waals surface area contributed by atoms with E-state index in [0.29, 0.717) is 5.82 Å². The molecule has 0 fully saturated rings. The van der Waals surface area contributed by atoms with Gasteiger partial charge in [0.1, 0.15) is 5.82 Å². The lowest BCUT2D eigenvalue weighted by atomic mass is 10.0. The fraction of sp³-hybridized carbons (Fsp3) is 0.357. The molecule has 0 spiro atoms. The molecular weight excluding hydrogens is 224 g/mol. The fourth-order valence-corrected chi connectivity index (χ4v) is 2.50. The van der Waals surface area contributed by atoms with Crippen LogP contribution in [-0.4, -0.2) is 34.5 Å². The molecule has 0 saturated heterocycles. The van der Waals surface area contributed by atoms with Crippen LogP contribution in [0.15, 0.2) is 24.4 Å². The highest BCUT2D eigenvalue weighted by Gasteiger charge is 2.15. The number of anilines is 1. The van der Waals surface area contributed by atoms with Crippen LogP contribution in [0.1, 0.15) is 18.9 Å². The maximum absolute atomic E-state index is 5.77. The normalized spacial score (nSPS) is 17.1. The van der Waals surface area contributed by atoms with Crippen molar-refractivity contribution < 1.29 is 0 Å². The summed E-state index contributed by atoms with van der Waals surface area (Å²) in [5, 5.41) is 0. The van der Waals surface area contributed by atoms with Gasteiger partial charge in [-0.1, -0.05) is 13.0 Å². The Morgan fingerprint density at radius 1 is 1.44 bits per heavy atom. The molecule has 0 aromatic carbocycles. The Balaban J connectivity index is 2.00. The van der Waals surface area contributed by atoms with Crippen molar-refractivity contribution in [3.63, 3.8) is 0 Å². The average Bonchev–Trinajstić information content (AvgIpc) is 2.82. The molecule has 3 rings (SSSR count). The molecular formula is C14H18N4. The Kier molecular flexibility index (Phi) is 2.80. The van der Waals surface area contributed by atoms with Gasteiger partial charge in [0.25, 0.3) is 0 Å². The molecule has 0 amide bonds. The van der Waals surface area contributed by atoms with Gasteiger partial charge in [0.05, 0.1) is 11.0 Å². The number of nitrogens with zero attached hydrogens (tertiary/aromatic N) is 2. The Hall–Kier alpha value is -1.81. The number of hydrogen-bond acceptors (Lipinski definition) is 3. The van der Waals surface area contributed by atoms with Crippen molar-refractivity contribution in [3.8, 4) is 0 Å². The van der Waals surface area contributed by atoms with Crippen molar-refractivity contribution in [2.24, 2.45) is 0 Å². The predicted molar refractivity (Wildman–Crippen MR) is 75.2 cm³/mol. The summed E-state index contributed by atoms with van der Waals surface area (Å²) in [6.07, 6.45) is 5.43. The molecule has 1 aliphatic heterocycles. The Morgan fingerprint density at radius 3 is 3.06 bits per heavy atom. The van der Waals surface area contributed by atoms with Crippen LogP contribution >= 0.6 is 0 Å². The van der Waals surface area contributed by atoms with Crippen molar-refractivity contribution in [2.45, 2.75) is 13.3 Å². The number of likely N-dealkylation sites (N-methyl/N-ethyl adjacent to an activating group) is 1. The highest BCUT2D eigenvalue weighted by Crippen LogP contribution is 2.28. The van der Waals surface area contributed by atoms with Crippen LogP contribution in [0, 0.1) is 0 Å². The second-order valence-corrected chi connectivity index (χ2v) is 4.71. The first-order valence-electron chi connectivity index (χ1n) is 6.43. The van der Waals surface area contributed by atoms with Gasteiger partial charge in [-0.05, 0) is 30.7 Å². The molecule has 0 saturated carbocycles.